The second-order valence-corrected chi connectivity index (χ2v) is 10.7. The highest BCUT2D eigenvalue weighted by Gasteiger charge is 2.24. The maximum absolute atomic E-state index is 12.8. The number of carbonyl (C=O) groups is 1. The number of ether oxygens (including phenoxy) is 2. The SMILES string of the molecule is CC(C)C(NC(=O)CCS(=O)(=O)c1ccc2c(c1)CCC2)c1ccc2c(c1)OCCO2. The third-order valence-corrected chi connectivity index (χ3v) is 7.65. The molecule has 31 heavy (non-hydrogen) atoms. The lowest BCUT2D eigenvalue weighted by atomic mass is 9.95. The van der Waals surface area contributed by atoms with Gasteiger partial charge in [0.15, 0.2) is 21.3 Å². The number of carbonyl (C=O) groups excluding carboxylic acids is 1. The molecule has 0 spiro atoms. The van der Waals surface area contributed by atoms with Gasteiger partial charge in [-0.3, -0.25) is 4.79 Å². The van der Waals surface area contributed by atoms with Crippen molar-refractivity contribution in [1.82, 2.24) is 5.32 Å². The molecule has 6 nitrogen and oxygen atoms in total. The van der Waals surface area contributed by atoms with E-state index in [4.69, 9.17) is 9.47 Å². The summed E-state index contributed by atoms with van der Waals surface area (Å²) in [5.74, 6) is 1.01. The Labute approximate surface area is 183 Å². The van der Waals surface area contributed by atoms with Crippen LogP contribution in [0.3, 0.4) is 0 Å². The highest BCUT2D eigenvalue weighted by Crippen LogP contribution is 2.34. The largest absolute Gasteiger partial charge is 0.486 e. The fourth-order valence-corrected chi connectivity index (χ4v) is 5.51. The lowest BCUT2D eigenvalue weighted by Crippen LogP contribution is -2.33. The van der Waals surface area contributed by atoms with Crippen LogP contribution in [0.4, 0.5) is 0 Å². The number of hydrogen-bond acceptors (Lipinski definition) is 5. The smallest absolute Gasteiger partial charge is 0.221 e. The van der Waals surface area contributed by atoms with Crippen LogP contribution >= 0.6 is 0 Å². The van der Waals surface area contributed by atoms with Gasteiger partial charge in [-0.25, -0.2) is 8.42 Å². The van der Waals surface area contributed by atoms with Gasteiger partial charge in [0, 0.05) is 6.42 Å². The number of sulfone groups is 1. The van der Waals surface area contributed by atoms with Crippen LogP contribution in [0.1, 0.15) is 49.4 Å². The predicted molar refractivity (Wildman–Crippen MR) is 118 cm³/mol. The number of nitrogens with one attached hydrogen (secondary N) is 1. The Morgan fingerprint density at radius 1 is 1.00 bits per heavy atom. The summed E-state index contributed by atoms with van der Waals surface area (Å²) in [4.78, 5) is 13.0. The van der Waals surface area contributed by atoms with E-state index in [1.165, 1.54) is 5.56 Å². The fourth-order valence-electron chi connectivity index (χ4n) is 4.22. The van der Waals surface area contributed by atoms with E-state index in [2.05, 4.69) is 5.32 Å². The van der Waals surface area contributed by atoms with Crippen molar-refractivity contribution in [2.45, 2.75) is 50.5 Å². The zero-order valence-corrected chi connectivity index (χ0v) is 18.8. The fraction of sp³-hybridized carbons (Fsp3) is 0.458. The Kier molecular flexibility index (Phi) is 6.23. The Bertz CT molecular complexity index is 1080. The lowest BCUT2D eigenvalue weighted by molar-refractivity contribution is -0.121. The van der Waals surface area contributed by atoms with Crippen LogP contribution in [-0.2, 0) is 27.5 Å². The van der Waals surface area contributed by atoms with Gasteiger partial charge in [0.25, 0.3) is 0 Å². The molecule has 166 valence electrons. The second kappa shape index (κ2) is 8.91. The van der Waals surface area contributed by atoms with Crippen LogP contribution in [0.25, 0.3) is 0 Å². The van der Waals surface area contributed by atoms with Gasteiger partial charge < -0.3 is 14.8 Å². The van der Waals surface area contributed by atoms with Crippen LogP contribution in [0, 0.1) is 5.92 Å². The van der Waals surface area contributed by atoms with Crippen molar-refractivity contribution in [2.75, 3.05) is 19.0 Å². The third kappa shape index (κ3) is 4.87. The van der Waals surface area contributed by atoms with Gasteiger partial charge in [-0.15, -0.1) is 0 Å². The highest BCUT2D eigenvalue weighted by molar-refractivity contribution is 7.91. The summed E-state index contributed by atoms with van der Waals surface area (Å²) < 4.78 is 36.8. The highest BCUT2D eigenvalue weighted by atomic mass is 32.2. The molecule has 7 heteroatoms. The van der Waals surface area contributed by atoms with Gasteiger partial charge in [0.05, 0.1) is 16.7 Å². The molecule has 0 aromatic heterocycles. The lowest BCUT2D eigenvalue weighted by Gasteiger charge is -2.25. The minimum atomic E-state index is -3.51. The maximum atomic E-state index is 12.8. The maximum Gasteiger partial charge on any atom is 0.221 e. The average Bonchev–Trinajstić information content (AvgIpc) is 3.23. The molecule has 0 radical (unpaired) electrons. The zero-order valence-electron chi connectivity index (χ0n) is 18.0. The van der Waals surface area contributed by atoms with Crippen molar-refractivity contribution in [3.05, 3.63) is 53.1 Å². The standard InChI is InChI=1S/C24H29NO5S/c1-16(2)24(19-7-9-21-22(15-19)30-12-11-29-21)25-23(26)10-13-31(27,28)20-8-6-17-4-3-5-18(17)14-20/h6-9,14-16,24H,3-5,10-13H2,1-2H3,(H,25,26). The van der Waals surface area contributed by atoms with Crippen molar-refractivity contribution in [2.24, 2.45) is 5.92 Å². The first kappa shape index (κ1) is 21.7. The third-order valence-electron chi connectivity index (χ3n) is 5.94. The second-order valence-electron chi connectivity index (χ2n) is 8.55. The summed E-state index contributed by atoms with van der Waals surface area (Å²) >= 11 is 0. The normalized spacial score (nSPS) is 16.1. The molecule has 2 aromatic rings. The molecule has 2 aromatic carbocycles. The van der Waals surface area contributed by atoms with Crippen molar-refractivity contribution >= 4 is 15.7 Å². The molecule has 2 aliphatic rings. The van der Waals surface area contributed by atoms with Crippen LogP contribution < -0.4 is 14.8 Å². The quantitative estimate of drug-likeness (QED) is 0.707. The number of rotatable bonds is 7. The molecular weight excluding hydrogens is 414 g/mol. The van der Waals surface area contributed by atoms with Crippen molar-refractivity contribution in [1.29, 1.82) is 0 Å². The topological polar surface area (TPSA) is 81.7 Å². The molecule has 0 fully saturated rings. The number of benzene rings is 2. The number of aryl methyl sites for hydroxylation is 2. The summed E-state index contributed by atoms with van der Waals surface area (Å²) in [5, 5.41) is 3.01. The van der Waals surface area contributed by atoms with E-state index in [9.17, 15) is 13.2 Å². The van der Waals surface area contributed by atoms with Crippen LogP contribution in [0.5, 0.6) is 11.5 Å². The molecule has 0 bridgehead atoms. The summed E-state index contributed by atoms with van der Waals surface area (Å²) in [6.45, 7) is 5.05. The Hall–Kier alpha value is -2.54. The van der Waals surface area contributed by atoms with Crippen molar-refractivity contribution in [3.8, 4) is 11.5 Å². The molecule has 1 amide bonds. The summed E-state index contributed by atoms with van der Waals surface area (Å²) in [6.07, 6.45) is 2.92. The van der Waals surface area contributed by atoms with E-state index >= 15 is 0 Å². The molecule has 1 aliphatic carbocycles. The minimum absolute atomic E-state index is 0.0762. The molecule has 1 N–H and O–H groups in total. The average molecular weight is 444 g/mol. The minimum Gasteiger partial charge on any atom is -0.486 e. The first-order valence-electron chi connectivity index (χ1n) is 10.9. The molecule has 1 aliphatic heterocycles. The van der Waals surface area contributed by atoms with Gasteiger partial charge in [-0.05, 0) is 66.1 Å². The van der Waals surface area contributed by atoms with E-state index in [0.29, 0.717) is 29.6 Å². The van der Waals surface area contributed by atoms with Gasteiger partial charge in [0.2, 0.25) is 5.91 Å². The Morgan fingerprint density at radius 3 is 2.52 bits per heavy atom. The molecule has 1 heterocycles. The molecule has 1 atom stereocenters. The van der Waals surface area contributed by atoms with Crippen molar-refractivity contribution < 1.29 is 22.7 Å². The van der Waals surface area contributed by atoms with E-state index in [1.807, 2.05) is 38.1 Å². The summed E-state index contributed by atoms with van der Waals surface area (Å²) in [6, 6.07) is 10.8. The van der Waals surface area contributed by atoms with Gasteiger partial charge in [0.1, 0.15) is 13.2 Å². The van der Waals surface area contributed by atoms with E-state index < -0.39 is 9.84 Å². The Balaban J connectivity index is 1.41. The predicted octanol–water partition coefficient (Wildman–Crippen LogP) is 3.62. The van der Waals surface area contributed by atoms with E-state index in [0.717, 1.165) is 30.4 Å². The summed E-state index contributed by atoms with van der Waals surface area (Å²) in [5.41, 5.74) is 3.26. The summed E-state index contributed by atoms with van der Waals surface area (Å²) in [7, 11) is -3.51. The number of amides is 1. The first-order valence-corrected chi connectivity index (χ1v) is 12.5. The monoisotopic (exact) mass is 443 g/mol. The van der Waals surface area contributed by atoms with Gasteiger partial charge >= 0.3 is 0 Å². The number of hydrogen-bond donors (Lipinski definition) is 1. The number of fused-ring (bicyclic) bond motifs is 2. The molecular formula is C24H29NO5S. The molecule has 4 rings (SSSR count). The van der Waals surface area contributed by atoms with Gasteiger partial charge in [-0.1, -0.05) is 26.0 Å². The van der Waals surface area contributed by atoms with Crippen LogP contribution in [-0.4, -0.2) is 33.3 Å². The van der Waals surface area contributed by atoms with Crippen molar-refractivity contribution in [3.63, 3.8) is 0 Å². The molecule has 1 unspecified atom stereocenters. The molecule has 0 saturated carbocycles. The molecule has 0 saturated heterocycles. The van der Waals surface area contributed by atoms with E-state index in [1.54, 1.807) is 12.1 Å². The van der Waals surface area contributed by atoms with E-state index in [-0.39, 0.29) is 30.0 Å². The zero-order chi connectivity index (χ0) is 22.0. The Morgan fingerprint density at radius 2 is 1.74 bits per heavy atom. The first-order chi connectivity index (χ1) is 14.8. The van der Waals surface area contributed by atoms with Gasteiger partial charge in [-0.2, -0.15) is 0 Å². The van der Waals surface area contributed by atoms with Crippen LogP contribution in [0.2, 0.25) is 0 Å². The van der Waals surface area contributed by atoms with Crippen LogP contribution in [0.15, 0.2) is 41.3 Å².